The number of hydrogen-bond donors (Lipinski definition) is 0. The van der Waals surface area contributed by atoms with E-state index in [-0.39, 0.29) is 60.0 Å². The van der Waals surface area contributed by atoms with Crippen molar-refractivity contribution >= 4 is 0 Å². The van der Waals surface area contributed by atoms with Crippen LogP contribution in [-0.4, -0.2) is 19.8 Å². The lowest BCUT2D eigenvalue weighted by Gasteiger charge is -2.29. The molecule has 9 heteroatoms. The first kappa shape index (κ1) is 28.6. The standard InChI is InChI=1S/C30H30F6O3/c1-3-15-38-23-13-14-24(30(36)29(23)35)39-16-17-5-7-18(8-6-17)19-9-10-20(26(32)25(19)31)21-11-12-22(37-4-2)28(34)27(21)33/h9-14,17-18H,3-8,15-16H2,1-2H3. The summed E-state index contributed by atoms with van der Waals surface area (Å²) < 4.78 is 103. The number of ether oxygens (including phenoxy) is 3. The second kappa shape index (κ2) is 12.7. The minimum Gasteiger partial charge on any atom is -0.491 e. The fourth-order valence-corrected chi connectivity index (χ4v) is 4.89. The lowest BCUT2D eigenvalue weighted by molar-refractivity contribution is 0.190. The van der Waals surface area contributed by atoms with Gasteiger partial charge in [-0.05, 0) is 80.7 Å². The van der Waals surface area contributed by atoms with E-state index < -0.39 is 40.5 Å². The van der Waals surface area contributed by atoms with Gasteiger partial charge in [0, 0.05) is 11.1 Å². The zero-order valence-electron chi connectivity index (χ0n) is 21.8. The largest absolute Gasteiger partial charge is 0.491 e. The van der Waals surface area contributed by atoms with Crippen molar-refractivity contribution in [3.8, 4) is 28.4 Å². The topological polar surface area (TPSA) is 27.7 Å². The fourth-order valence-electron chi connectivity index (χ4n) is 4.89. The minimum atomic E-state index is -1.31. The van der Waals surface area contributed by atoms with Crippen LogP contribution in [0.2, 0.25) is 0 Å². The van der Waals surface area contributed by atoms with E-state index in [0.29, 0.717) is 32.1 Å². The molecule has 0 amide bonds. The molecule has 0 spiro atoms. The molecule has 1 aliphatic carbocycles. The summed E-state index contributed by atoms with van der Waals surface area (Å²) in [6.07, 6.45) is 2.92. The van der Waals surface area contributed by atoms with E-state index in [4.69, 9.17) is 14.2 Å². The van der Waals surface area contributed by atoms with Crippen LogP contribution in [0.4, 0.5) is 26.3 Å². The maximum atomic E-state index is 15.1. The number of hydrogen-bond acceptors (Lipinski definition) is 3. The second-order valence-corrected chi connectivity index (χ2v) is 9.57. The van der Waals surface area contributed by atoms with Crippen molar-refractivity contribution < 1.29 is 40.6 Å². The Morgan fingerprint density at radius 1 is 0.590 bits per heavy atom. The zero-order chi connectivity index (χ0) is 28.1. The molecule has 0 heterocycles. The zero-order valence-corrected chi connectivity index (χ0v) is 21.8. The maximum Gasteiger partial charge on any atom is 0.204 e. The van der Waals surface area contributed by atoms with Crippen LogP contribution in [0.1, 0.15) is 57.4 Å². The number of rotatable bonds is 10. The molecule has 4 rings (SSSR count). The van der Waals surface area contributed by atoms with Gasteiger partial charge in [0.05, 0.1) is 19.8 Å². The van der Waals surface area contributed by atoms with Crippen LogP contribution in [0.3, 0.4) is 0 Å². The van der Waals surface area contributed by atoms with Crippen molar-refractivity contribution in [2.75, 3.05) is 19.8 Å². The van der Waals surface area contributed by atoms with Gasteiger partial charge in [-0.2, -0.15) is 13.2 Å². The van der Waals surface area contributed by atoms with E-state index in [1.807, 2.05) is 6.92 Å². The Labute approximate surface area is 223 Å². The van der Waals surface area contributed by atoms with Gasteiger partial charge in [0.15, 0.2) is 34.7 Å². The molecule has 0 unspecified atom stereocenters. The maximum absolute atomic E-state index is 15.1. The van der Waals surface area contributed by atoms with E-state index in [1.54, 1.807) is 6.92 Å². The van der Waals surface area contributed by atoms with Gasteiger partial charge in [-0.1, -0.05) is 19.1 Å². The van der Waals surface area contributed by atoms with E-state index >= 15 is 8.78 Å². The highest BCUT2D eigenvalue weighted by Gasteiger charge is 2.28. The average Bonchev–Trinajstić information content (AvgIpc) is 2.94. The highest BCUT2D eigenvalue weighted by atomic mass is 19.2. The van der Waals surface area contributed by atoms with Crippen molar-refractivity contribution in [3.05, 3.63) is 76.9 Å². The first-order valence-corrected chi connectivity index (χ1v) is 13.1. The molecule has 210 valence electrons. The normalized spacial score (nSPS) is 17.2. The molecule has 1 saturated carbocycles. The molecule has 0 atom stereocenters. The molecule has 1 fully saturated rings. The molecule has 3 aromatic carbocycles. The fraction of sp³-hybridized carbons (Fsp3) is 0.400. The third-order valence-corrected chi connectivity index (χ3v) is 6.98. The minimum absolute atomic E-state index is 0.0211. The van der Waals surface area contributed by atoms with Gasteiger partial charge in [-0.15, -0.1) is 0 Å². The monoisotopic (exact) mass is 552 g/mol. The average molecular weight is 553 g/mol. The predicted molar refractivity (Wildman–Crippen MR) is 135 cm³/mol. The summed E-state index contributed by atoms with van der Waals surface area (Å²) in [6, 6.07) is 7.66. The SMILES string of the molecule is CCCOc1ccc(OCC2CCC(c3ccc(-c4ccc(OCC)c(F)c4F)c(F)c3F)CC2)c(F)c1F. The summed E-state index contributed by atoms with van der Waals surface area (Å²) >= 11 is 0. The van der Waals surface area contributed by atoms with Gasteiger partial charge in [-0.3, -0.25) is 0 Å². The van der Waals surface area contributed by atoms with E-state index in [9.17, 15) is 17.6 Å². The van der Waals surface area contributed by atoms with Gasteiger partial charge in [0.2, 0.25) is 17.5 Å². The predicted octanol–water partition coefficient (Wildman–Crippen LogP) is 8.73. The molecular weight excluding hydrogens is 522 g/mol. The molecule has 0 N–H and O–H groups in total. The molecule has 1 aliphatic rings. The first-order chi connectivity index (χ1) is 18.8. The summed E-state index contributed by atoms with van der Waals surface area (Å²) in [5.41, 5.74) is -0.607. The third-order valence-electron chi connectivity index (χ3n) is 6.98. The summed E-state index contributed by atoms with van der Waals surface area (Å²) in [5, 5.41) is 0. The van der Waals surface area contributed by atoms with Gasteiger partial charge in [-0.25, -0.2) is 13.2 Å². The van der Waals surface area contributed by atoms with Crippen molar-refractivity contribution in [3.63, 3.8) is 0 Å². The number of halogens is 6. The Morgan fingerprint density at radius 2 is 1.10 bits per heavy atom. The van der Waals surface area contributed by atoms with Crippen LogP contribution in [0.15, 0.2) is 36.4 Å². The highest BCUT2D eigenvalue weighted by molar-refractivity contribution is 5.66. The van der Waals surface area contributed by atoms with Crippen LogP contribution < -0.4 is 14.2 Å². The third kappa shape index (κ3) is 6.12. The van der Waals surface area contributed by atoms with Crippen molar-refractivity contribution in [2.45, 2.75) is 51.9 Å². The highest BCUT2D eigenvalue weighted by Crippen LogP contribution is 2.40. The van der Waals surface area contributed by atoms with Crippen LogP contribution >= 0.6 is 0 Å². The Kier molecular flexibility index (Phi) is 9.30. The summed E-state index contributed by atoms with van der Waals surface area (Å²) in [5.74, 6) is -8.07. The van der Waals surface area contributed by atoms with Gasteiger partial charge >= 0.3 is 0 Å². The second-order valence-electron chi connectivity index (χ2n) is 9.57. The Hall–Kier alpha value is -3.36. The van der Waals surface area contributed by atoms with E-state index in [2.05, 4.69) is 0 Å². The molecule has 0 radical (unpaired) electrons. The quantitative estimate of drug-likeness (QED) is 0.236. The van der Waals surface area contributed by atoms with Gasteiger partial charge < -0.3 is 14.2 Å². The van der Waals surface area contributed by atoms with Gasteiger partial charge in [0.1, 0.15) is 0 Å². The Morgan fingerprint density at radius 3 is 1.72 bits per heavy atom. The molecule has 3 nitrogen and oxygen atoms in total. The van der Waals surface area contributed by atoms with Crippen LogP contribution in [0.5, 0.6) is 17.2 Å². The van der Waals surface area contributed by atoms with Crippen molar-refractivity contribution in [1.82, 2.24) is 0 Å². The van der Waals surface area contributed by atoms with Crippen molar-refractivity contribution in [2.24, 2.45) is 5.92 Å². The molecule has 39 heavy (non-hydrogen) atoms. The van der Waals surface area contributed by atoms with Crippen LogP contribution in [-0.2, 0) is 0 Å². The lowest BCUT2D eigenvalue weighted by Crippen LogP contribution is -2.20. The molecule has 0 saturated heterocycles. The molecule has 0 aliphatic heterocycles. The van der Waals surface area contributed by atoms with Crippen LogP contribution in [0, 0.1) is 40.8 Å². The summed E-state index contributed by atoms with van der Waals surface area (Å²) in [6.45, 7) is 4.01. The van der Waals surface area contributed by atoms with Gasteiger partial charge in [0.25, 0.3) is 0 Å². The Balaban J connectivity index is 1.40. The van der Waals surface area contributed by atoms with Crippen molar-refractivity contribution in [1.29, 1.82) is 0 Å². The summed E-state index contributed by atoms with van der Waals surface area (Å²) in [4.78, 5) is 0. The molecular formula is C30H30F6O3. The molecule has 0 aromatic heterocycles. The molecule has 0 bridgehead atoms. The van der Waals surface area contributed by atoms with Crippen LogP contribution in [0.25, 0.3) is 11.1 Å². The number of benzene rings is 3. The van der Waals surface area contributed by atoms with E-state index in [1.165, 1.54) is 30.3 Å². The molecule has 3 aromatic rings. The Bertz CT molecular complexity index is 1300. The summed E-state index contributed by atoms with van der Waals surface area (Å²) in [7, 11) is 0. The first-order valence-electron chi connectivity index (χ1n) is 13.1. The van der Waals surface area contributed by atoms with E-state index in [0.717, 1.165) is 6.07 Å². The lowest BCUT2D eigenvalue weighted by atomic mass is 9.78. The smallest absolute Gasteiger partial charge is 0.204 e.